The number of rotatable bonds is 14. The van der Waals surface area contributed by atoms with Gasteiger partial charge in [-0.05, 0) is 42.9 Å². The van der Waals surface area contributed by atoms with Crippen molar-refractivity contribution in [1.29, 1.82) is 0 Å². The summed E-state index contributed by atoms with van der Waals surface area (Å²) in [6, 6.07) is 11.7. The Morgan fingerprint density at radius 1 is 0.949 bits per heavy atom. The molecule has 0 heterocycles. The molecule has 3 atom stereocenters. The topological polar surface area (TPSA) is 221 Å². The molecule has 0 aliphatic rings. The third kappa shape index (κ3) is 10.4. The summed E-state index contributed by atoms with van der Waals surface area (Å²) < 4.78 is 0. The summed E-state index contributed by atoms with van der Waals surface area (Å²) in [6.07, 6.45) is 0.856. The van der Waals surface area contributed by atoms with Gasteiger partial charge in [0, 0.05) is 24.4 Å². The first-order valence-electron chi connectivity index (χ1n) is 12.5. The lowest BCUT2D eigenvalue weighted by Gasteiger charge is -2.26. The molecule has 13 heteroatoms. The molecule has 0 aliphatic carbocycles. The second kappa shape index (κ2) is 15.0. The average Bonchev–Trinajstić information content (AvgIpc) is 2.89. The predicted molar refractivity (Wildman–Crippen MR) is 148 cm³/mol. The number of aliphatic imine (C=N–C) groups is 1. The van der Waals surface area contributed by atoms with Crippen LogP contribution < -0.4 is 33.2 Å². The van der Waals surface area contributed by atoms with Gasteiger partial charge in [-0.15, -0.1) is 0 Å². The van der Waals surface area contributed by atoms with Crippen LogP contribution in [-0.2, 0) is 20.8 Å². The van der Waals surface area contributed by atoms with Gasteiger partial charge in [0.05, 0.1) is 11.0 Å². The first-order valence-corrected chi connectivity index (χ1v) is 12.5. The van der Waals surface area contributed by atoms with Gasteiger partial charge in [-0.2, -0.15) is 0 Å². The standard InChI is InChI=1S/C26H36N8O5/c1-16(2)22(33-23(35)20(27)15-17-7-4-3-5-8-17)25(37)32-21(9-6-14-30-26(28)29)24(36)31-18-10-12-19(13-11-18)34(38)39/h3-5,7-8,10-13,16,20-22H,6,9,14-15,27H2,1-2H3,(H,31,36)(H,32,37)(H,33,35)(H4,28,29,30)/t20-,21-,22-/m0/s1. The van der Waals surface area contributed by atoms with E-state index in [1.165, 1.54) is 24.3 Å². The van der Waals surface area contributed by atoms with Crippen molar-refractivity contribution in [2.45, 2.75) is 51.2 Å². The second-order valence-electron chi connectivity index (χ2n) is 9.33. The number of nitro groups is 1. The number of hydrogen-bond acceptors (Lipinski definition) is 7. The van der Waals surface area contributed by atoms with Gasteiger partial charge in [0.25, 0.3) is 5.69 Å². The molecule has 2 aromatic rings. The number of hydrogen-bond donors (Lipinski definition) is 6. The number of carbonyl (C=O) groups excluding carboxylic acids is 3. The highest BCUT2D eigenvalue weighted by Crippen LogP contribution is 2.16. The van der Waals surface area contributed by atoms with Crippen molar-refractivity contribution < 1.29 is 19.3 Å². The van der Waals surface area contributed by atoms with Crippen LogP contribution in [0.2, 0.25) is 0 Å². The van der Waals surface area contributed by atoms with Gasteiger partial charge in [0.15, 0.2) is 5.96 Å². The molecule has 0 unspecified atom stereocenters. The van der Waals surface area contributed by atoms with E-state index in [2.05, 4.69) is 20.9 Å². The number of benzene rings is 2. The highest BCUT2D eigenvalue weighted by atomic mass is 16.6. The fraction of sp³-hybridized carbons (Fsp3) is 0.385. The van der Waals surface area contributed by atoms with E-state index in [1.807, 2.05) is 30.3 Å². The smallest absolute Gasteiger partial charge is 0.269 e. The molecule has 3 amide bonds. The fourth-order valence-electron chi connectivity index (χ4n) is 3.69. The molecule has 0 fully saturated rings. The highest BCUT2D eigenvalue weighted by molar-refractivity contribution is 5.98. The molecule has 210 valence electrons. The van der Waals surface area contributed by atoms with Gasteiger partial charge in [-0.3, -0.25) is 29.5 Å². The molecule has 0 saturated carbocycles. The van der Waals surface area contributed by atoms with E-state index in [1.54, 1.807) is 13.8 Å². The molecule has 0 aromatic heterocycles. The molecule has 0 saturated heterocycles. The number of guanidine groups is 1. The quantitative estimate of drug-likeness (QED) is 0.0659. The summed E-state index contributed by atoms with van der Waals surface area (Å²) >= 11 is 0. The maximum absolute atomic E-state index is 13.2. The first-order chi connectivity index (χ1) is 18.5. The van der Waals surface area contributed by atoms with Gasteiger partial charge < -0.3 is 33.2 Å². The predicted octanol–water partition coefficient (Wildman–Crippen LogP) is 0.783. The van der Waals surface area contributed by atoms with E-state index in [0.717, 1.165) is 5.56 Å². The van der Waals surface area contributed by atoms with Gasteiger partial charge in [0.1, 0.15) is 12.1 Å². The zero-order valence-electron chi connectivity index (χ0n) is 22.0. The number of nitrogens with one attached hydrogen (secondary N) is 3. The molecule has 2 rings (SSSR count). The largest absolute Gasteiger partial charge is 0.370 e. The zero-order chi connectivity index (χ0) is 28.9. The van der Waals surface area contributed by atoms with E-state index in [9.17, 15) is 24.5 Å². The lowest BCUT2D eigenvalue weighted by Crippen LogP contribution is -2.57. The van der Waals surface area contributed by atoms with Gasteiger partial charge in [-0.25, -0.2) is 0 Å². The van der Waals surface area contributed by atoms with E-state index < -0.39 is 40.8 Å². The summed E-state index contributed by atoms with van der Waals surface area (Å²) in [5.41, 5.74) is 17.9. The number of nitro benzene ring substituents is 1. The van der Waals surface area contributed by atoms with Crippen molar-refractivity contribution >= 4 is 35.1 Å². The van der Waals surface area contributed by atoms with E-state index in [0.29, 0.717) is 18.5 Å². The normalized spacial score (nSPS) is 13.0. The van der Waals surface area contributed by atoms with Crippen LogP contribution in [0.4, 0.5) is 11.4 Å². The monoisotopic (exact) mass is 540 g/mol. The Morgan fingerprint density at radius 3 is 2.15 bits per heavy atom. The molecular weight excluding hydrogens is 504 g/mol. The number of carbonyl (C=O) groups is 3. The summed E-state index contributed by atoms with van der Waals surface area (Å²) in [4.78, 5) is 53.3. The molecule has 0 spiro atoms. The van der Waals surface area contributed by atoms with Crippen LogP contribution in [0.3, 0.4) is 0 Å². The van der Waals surface area contributed by atoms with Crippen LogP contribution in [0.15, 0.2) is 59.6 Å². The summed E-state index contributed by atoms with van der Waals surface area (Å²) in [5, 5.41) is 18.9. The van der Waals surface area contributed by atoms with Gasteiger partial charge in [-0.1, -0.05) is 44.2 Å². The lowest BCUT2D eigenvalue weighted by atomic mass is 10.0. The van der Waals surface area contributed by atoms with Gasteiger partial charge >= 0.3 is 0 Å². The van der Waals surface area contributed by atoms with E-state index in [-0.39, 0.29) is 30.5 Å². The Morgan fingerprint density at radius 2 is 1.59 bits per heavy atom. The summed E-state index contributed by atoms with van der Waals surface area (Å²) in [6.45, 7) is 3.76. The minimum Gasteiger partial charge on any atom is -0.370 e. The third-order valence-corrected chi connectivity index (χ3v) is 5.81. The number of non-ortho nitro benzene ring substituents is 1. The van der Waals surface area contributed by atoms with Crippen molar-refractivity contribution in [2.24, 2.45) is 28.1 Å². The molecular formula is C26H36N8O5. The minimum atomic E-state index is -1.00. The number of amides is 3. The Balaban J connectivity index is 2.11. The van der Waals surface area contributed by atoms with Crippen LogP contribution in [0.1, 0.15) is 32.3 Å². The van der Waals surface area contributed by atoms with E-state index in [4.69, 9.17) is 17.2 Å². The van der Waals surface area contributed by atoms with Crippen LogP contribution in [0.25, 0.3) is 0 Å². The van der Waals surface area contributed by atoms with Crippen LogP contribution in [0, 0.1) is 16.0 Å². The molecule has 0 bridgehead atoms. The Labute approximate surface area is 226 Å². The summed E-state index contributed by atoms with van der Waals surface area (Å²) in [5.74, 6) is -2.00. The Kier molecular flexibility index (Phi) is 11.8. The average molecular weight is 541 g/mol. The van der Waals surface area contributed by atoms with Crippen LogP contribution >= 0.6 is 0 Å². The maximum atomic E-state index is 13.2. The minimum absolute atomic E-state index is 0.0969. The van der Waals surface area contributed by atoms with Crippen molar-refractivity contribution in [2.75, 3.05) is 11.9 Å². The molecule has 39 heavy (non-hydrogen) atoms. The molecule has 13 nitrogen and oxygen atoms in total. The second-order valence-corrected chi connectivity index (χ2v) is 9.33. The van der Waals surface area contributed by atoms with Crippen molar-refractivity contribution in [3.05, 3.63) is 70.3 Å². The maximum Gasteiger partial charge on any atom is 0.269 e. The Bertz CT molecular complexity index is 1150. The van der Waals surface area contributed by atoms with Crippen molar-refractivity contribution in [3.8, 4) is 0 Å². The van der Waals surface area contributed by atoms with Crippen molar-refractivity contribution in [1.82, 2.24) is 10.6 Å². The summed E-state index contributed by atoms with van der Waals surface area (Å²) in [7, 11) is 0. The number of nitrogens with zero attached hydrogens (tertiary/aromatic N) is 2. The first kappa shape index (κ1) is 30.7. The lowest BCUT2D eigenvalue weighted by molar-refractivity contribution is -0.384. The van der Waals surface area contributed by atoms with Gasteiger partial charge in [0.2, 0.25) is 17.7 Å². The van der Waals surface area contributed by atoms with Crippen molar-refractivity contribution in [3.63, 3.8) is 0 Å². The third-order valence-electron chi connectivity index (χ3n) is 5.81. The number of nitrogens with two attached hydrogens (primary N) is 3. The zero-order valence-corrected chi connectivity index (χ0v) is 22.0. The molecule has 9 N–H and O–H groups in total. The van der Waals surface area contributed by atoms with Crippen LogP contribution in [0.5, 0.6) is 0 Å². The fourth-order valence-corrected chi connectivity index (χ4v) is 3.69. The molecule has 0 radical (unpaired) electrons. The Hall–Kier alpha value is -4.52. The molecule has 0 aliphatic heterocycles. The highest BCUT2D eigenvalue weighted by Gasteiger charge is 2.30. The molecule has 2 aromatic carbocycles. The number of anilines is 1. The SMILES string of the molecule is CC(C)[C@H](NC(=O)[C@@H](N)Cc1ccccc1)C(=O)N[C@@H](CCCN=C(N)N)C(=O)Nc1ccc([N+](=O)[O-])cc1. The van der Waals surface area contributed by atoms with Crippen LogP contribution in [-0.4, -0.2) is 53.3 Å². The van der Waals surface area contributed by atoms with E-state index >= 15 is 0 Å².